The fourth-order valence-electron chi connectivity index (χ4n) is 11.0. The van der Waals surface area contributed by atoms with E-state index in [4.69, 9.17) is 14.2 Å². The summed E-state index contributed by atoms with van der Waals surface area (Å²) in [5.74, 6) is 2.15. The Morgan fingerprint density at radius 2 is 1.47 bits per heavy atom. The van der Waals surface area contributed by atoms with Crippen molar-refractivity contribution >= 4 is 22.5 Å². The number of aryl methyl sites for hydroxylation is 1. The number of hydrogen-bond donors (Lipinski definition) is 0. The molecule has 5 heteroatoms. The van der Waals surface area contributed by atoms with Crippen molar-refractivity contribution in [3.05, 3.63) is 124 Å². The molecule has 4 nitrogen and oxygen atoms in total. The van der Waals surface area contributed by atoms with Crippen LogP contribution in [0.3, 0.4) is 0 Å². The molecule has 1 spiro atoms. The normalized spacial score (nSPS) is 21.5. The summed E-state index contributed by atoms with van der Waals surface area (Å²) in [6, 6.07) is 27.9. The first-order valence-corrected chi connectivity index (χ1v) is 18.3. The predicted molar refractivity (Wildman–Crippen MR) is 205 cm³/mol. The minimum atomic E-state index is -0.920. The Hall–Kier alpha value is -4.77. The first kappa shape index (κ1) is 32.2. The van der Waals surface area contributed by atoms with Crippen molar-refractivity contribution in [3.63, 3.8) is 0 Å². The molecule has 1 saturated carbocycles. The van der Waals surface area contributed by atoms with Gasteiger partial charge < -0.3 is 14.2 Å². The van der Waals surface area contributed by atoms with Crippen molar-refractivity contribution < 1.29 is 18.7 Å². The van der Waals surface area contributed by atoms with E-state index >= 15 is 4.48 Å². The Labute approximate surface area is 300 Å². The molecular weight excluding hydrogens is 634 g/mol. The van der Waals surface area contributed by atoms with E-state index in [0.29, 0.717) is 24.4 Å². The molecule has 1 fully saturated rings. The lowest BCUT2D eigenvalue weighted by Crippen LogP contribution is -2.44. The van der Waals surface area contributed by atoms with E-state index < -0.39 is 5.60 Å². The van der Waals surface area contributed by atoms with E-state index in [9.17, 15) is 0 Å². The first-order chi connectivity index (χ1) is 24.4. The highest BCUT2D eigenvalue weighted by Gasteiger charge is 2.56. The fourth-order valence-corrected chi connectivity index (χ4v) is 11.0. The monoisotopic (exact) mass is 679 g/mol. The van der Waals surface area contributed by atoms with Crippen molar-refractivity contribution in [2.45, 2.75) is 71.3 Å². The van der Waals surface area contributed by atoms with Crippen LogP contribution in [0.4, 0.5) is 10.2 Å². The predicted octanol–water partition coefficient (Wildman–Crippen LogP) is 11.3. The molecule has 0 bridgehead atoms. The van der Waals surface area contributed by atoms with E-state index in [-0.39, 0.29) is 16.2 Å². The summed E-state index contributed by atoms with van der Waals surface area (Å²) in [6.45, 7) is 12.1. The fraction of sp³-hybridized carbons (Fsp3) is 0.348. The zero-order valence-corrected chi connectivity index (χ0v) is 30.7. The van der Waals surface area contributed by atoms with Crippen LogP contribution < -0.4 is 19.3 Å². The minimum Gasteiger partial charge on any atom is -0.497 e. The van der Waals surface area contributed by atoms with Gasteiger partial charge in [-0.3, -0.25) is 0 Å². The van der Waals surface area contributed by atoms with Gasteiger partial charge in [0.05, 0.1) is 20.8 Å². The van der Waals surface area contributed by atoms with Gasteiger partial charge in [-0.1, -0.05) is 104 Å². The van der Waals surface area contributed by atoms with E-state index in [1.807, 2.05) is 18.2 Å². The second-order valence-corrected chi connectivity index (χ2v) is 16.9. The molecule has 51 heavy (non-hydrogen) atoms. The molecule has 1 unspecified atom stereocenters. The van der Waals surface area contributed by atoms with Crippen molar-refractivity contribution in [1.29, 1.82) is 0 Å². The zero-order chi connectivity index (χ0) is 35.5. The van der Waals surface area contributed by atoms with Gasteiger partial charge in [0.2, 0.25) is 0 Å². The van der Waals surface area contributed by atoms with Crippen LogP contribution in [0.25, 0.3) is 28.0 Å². The third-order valence-electron chi connectivity index (χ3n) is 12.1. The highest BCUT2D eigenvalue weighted by molar-refractivity contribution is 6.12. The number of rotatable bonds is 4. The topological polar surface area (TPSA) is 30.9 Å². The Kier molecular flexibility index (Phi) is 6.85. The van der Waals surface area contributed by atoms with E-state index in [1.54, 1.807) is 14.2 Å². The summed E-state index contributed by atoms with van der Waals surface area (Å²) in [4.78, 5) is 0. The summed E-state index contributed by atoms with van der Waals surface area (Å²) in [5, 5.41) is 2.93. The second kappa shape index (κ2) is 10.9. The molecule has 2 heterocycles. The van der Waals surface area contributed by atoms with Crippen LogP contribution in [-0.2, 0) is 17.4 Å². The number of anilines is 1. The molecule has 0 N–H and O–H groups in total. The van der Waals surface area contributed by atoms with Gasteiger partial charge in [-0.2, -0.15) is 0 Å². The number of ether oxygens (including phenoxy) is 3. The Morgan fingerprint density at radius 1 is 0.804 bits per heavy atom. The van der Waals surface area contributed by atoms with E-state index in [1.165, 1.54) is 27.8 Å². The first-order valence-electron chi connectivity index (χ1n) is 18.3. The smallest absolute Gasteiger partial charge is 0.178 e. The zero-order valence-electron chi connectivity index (χ0n) is 30.7. The molecule has 9 rings (SSSR count). The van der Waals surface area contributed by atoms with Crippen molar-refractivity contribution in [3.8, 4) is 28.4 Å². The third-order valence-corrected chi connectivity index (χ3v) is 12.1. The van der Waals surface area contributed by atoms with Crippen LogP contribution in [0.1, 0.15) is 85.9 Å². The number of hydrogen-bond acceptors (Lipinski definition) is 4. The lowest BCUT2D eigenvalue weighted by atomic mass is 9.52. The summed E-state index contributed by atoms with van der Waals surface area (Å²) < 4.78 is 35.0. The summed E-state index contributed by atoms with van der Waals surface area (Å²) >= 11 is 0. The van der Waals surface area contributed by atoms with Crippen molar-refractivity contribution in [1.82, 2.24) is 0 Å². The van der Waals surface area contributed by atoms with Crippen LogP contribution in [-0.4, -0.2) is 20.8 Å². The minimum absolute atomic E-state index is 0.101. The highest BCUT2D eigenvalue weighted by atomic mass is 19.2. The molecule has 2 aliphatic heterocycles. The van der Waals surface area contributed by atoms with Crippen LogP contribution in [0.15, 0.2) is 84.9 Å². The molecule has 2 aliphatic carbocycles. The van der Waals surface area contributed by atoms with Gasteiger partial charge in [-0.15, -0.1) is 0 Å². The molecular formula is C46H46FNO3. The van der Waals surface area contributed by atoms with Crippen LogP contribution in [0.5, 0.6) is 17.2 Å². The quantitative estimate of drug-likeness (QED) is 0.177. The third kappa shape index (κ3) is 4.55. The number of halogens is 1. The van der Waals surface area contributed by atoms with Gasteiger partial charge in [0.15, 0.2) is 5.60 Å². The van der Waals surface area contributed by atoms with E-state index in [2.05, 4.69) is 107 Å². The largest absolute Gasteiger partial charge is 0.497 e. The van der Waals surface area contributed by atoms with Crippen LogP contribution in [0.2, 0.25) is 0 Å². The molecule has 0 aromatic heterocycles. The maximum atomic E-state index is 15.8. The van der Waals surface area contributed by atoms with Gasteiger partial charge in [0.1, 0.15) is 22.9 Å². The summed E-state index contributed by atoms with van der Waals surface area (Å²) in [7, 11) is 3.33. The molecule has 5 aromatic carbocycles. The van der Waals surface area contributed by atoms with Crippen molar-refractivity contribution in [2.24, 2.45) is 10.8 Å². The summed E-state index contributed by atoms with van der Waals surface area (Å²) in [5.41, 5.74) is 10.1. The van der Waals surface area contributed by atoms with E-state index in [0.717, 1.165) is 68.9 Å². The number of benzene rings is 5. The van der Waals surface area contributed by atoms with Gasteiger partial charge in [-0.05, 0) is 101 Å². The molecule has 0 radical (unpaired) electrons. The van der Waals surface area contributed by atoms with Crippen molar-refractivity contribution in [2.75, 3.05) is 25.9 Å². The number of methoxy groups -OCH3 is 2. The van der Waals surface area contributed by atoms with Gasteiger partial charge >= 0.3 is 0 Å². The second-order valence-electron chi connectivity index (χ2n) is 16.9. The molecule has 260 valence electrons. The Bertz CT molecular complexity index is 2250. The standard InChI is InChI=1S/C46H46FNO3/c1-28-12-14-29(15-13-28)46(30-16-18-31(49-6)19-17-30)22-20-34-40-39(38-33-21-23-48(47)41(33)37(50-7)24-35(38)42(34)51-46)32-10-8-9-11-36(32)45(40)26-43(2,3)25-44(4,5)27-45/h8-20,22,24H,21,23,25-27H2,1-7H3. The molecule has 0 saturated heterocycles. The van der Waals surface area contributed by atoms with Gasteiger partial charge in [0.25, 0.3) is 0 Å². The average molecular weight is 680 g/mol. The summed E-state index contributed by atoms with van der Waals surface area (Å²) in [6.07, 6.45) is 8.39. The number of fused-ring (bicyclic) bond motifs is 12. The number of nitrogens with zero attached hydrogens (tertiary/aromatic N) is 1. The molecule has 0 amide bonds. The molecule has 5 aromatic rings. The van der Waals surface area contributed by atoms with Crippen LogP contribution >= 0.6 is 0 Å². The maximum Gasteiger partial charge on any atom is 0.178 e. The SMILES string of the molecule is COc1ccc(C2(c3ccc(C)cc3)C=Cc3c4c(c5c6c(c(OC)cc5c3O2)N(F)CC6)-c2ccccc2C42CC(C)(C)CC(C)(C)C2)cc1. The lowest BCUT2D eigenvalue weighted by molar-refractivity contribution is 0.0642. The Balaban J connectivity index is 1.43. The molecule has 4 aliphatic rings. The van der Waals surface area contributed by atoms with Gasteiger partial charge in [-0.25, -0.2) is 5.12 Å². The lowest BCUT2D eigenvalue weighted by Gasteiger charge is -2.52. The highest BCUT2D eigenvalue weighted by Crippen LogP contribution is 2.67. The Morgan fingerprint density at radius 3 is 2.14 bits per heavy atom. The van der Waals surface area contributed by atoms with Crippen LogP contribution in [0, 0.1) is 17.8 Å². The maximum absolute atomic E-state index is 15.8. The van der Waals surface area contributed by atoms with Gasteiger partial charge in [0, 0.05) is 27.5 Å². The molecule has 1 atom stereocenters. The average Bonchev–Trinajstić information content (AvgIpc) is 3.62.